The molecule has 0 saturated heterocycles. The van der Waals surface area contributed by atoms with Gasteiger partial charge in [0.15, 0.2) is 0 Å². The predicted molar refractivity (Wildman–Crippen MR) is 82.5 cm³/mol. The highest BCUT2D eigenvalue weighted by molar-refractivity contribution is 5.26. The van der Waals surface area contributed by atoms with Crippen molar-refractivity contribution in [3.63, 3.8) is 0 Å². The normalized spacial score (nSPS) is 17.2. The van der Waals surface area contributed by atoms with Gasteiger partial charge in [-0.3, -0.25) is 20.9 Å². The molecule has 5 heteroatoms. The zero-order valence-electron chi connectivity index (χ0n) is 12.5. The van der Waals surface area contributed by atoms with E-state index >= 15 is 0 Å². The van der Waals surface area contributed by atoms with Gasteiger partial charge in [-0.2, -0.15) is 5.10 Å². The van der Waals surface area contributed by atoms with Crippen LogP contribution in [0.3, 0.4) is 0 Å². The number of aryl methyl sites for hydroxylation is 1. The van der Waals surface area contributed by atoms with Gasteiger partial charge in [-0.25, -0.2) is 0 Å². The zero-order valence-corrected chi connectivity index (χ0v) is 12.5. The van der Waals surface area contributed by atoms with E-state index in [0.717, 1.165) is 17.7 Å². The molecule has 0 radical (unpaired) electrons. The van der Waals surface area contributed by atoms with Gasteiger partial charge >= 0.3 is 0 Å². The monoisotopic (exact) mass is 285 g/mol. The Morgan fingerprint density at radius 2 is 2.19 bits per heavy atom. The van der Waals surface area contributed by atoms with Crippen LogP contribution < -0.4 is 11.3 Å². The van der Waals surface area contributed by atoms with Crippen LogP contribution in [0.25, 0.3) is 0 Å². The number of hydrazine groups is 1. The molecule has 0 bridgehead atoms. The fourth-order valence-electron chi connectivity index (χ4n) is 3.20. The standard InChI is InChI=1S/C16H23N5/c1-12-11-18-8-6-15(12)16(19-17)10-13-7-9-21(20-13)14-4-2-3-5-14/h6-9,11,14,16,19H,2-5,10,17H2,1H3. The molecule has 112 valence electrons. The maximum absolute atomic E-state index is 5.75. The second kappa shape index (κ2) is 6.37. The Labute approximate surface area is 125 Å². The van der Waals surface area contributed by atoms with E-state index in [1.807, 2.05) is 18.5 Å². The maximum Gasteiger partial charge on any atom is 0.0644 e. The first-order chi connectivity index (χ1) is 10.3. The smallest absolute Gasteiger partial charge is 0.0644 e. The highest BCUT2D eigenvalue weighted by Gasteiger charge is 2.19. The SMILES string of the molecule is Cc1cnccc1C(Cc1ccn(C2CCCC2)n1)NN. The third-order valence-corrected chi connectivity index (χ3v) is 4.42. The first kappa shape index (κ1) is 14.2. The van der Waals surface area contributed by atoms with Crippen LogP contribution >= 0.6 is 0 Å². The van der Waals surface area contributed by atoms with E-state index in [0.29, 0.717) is 6.04 Å². The Kier molecular flexibility index (Phi) is 4.31. The van der Waals surface area contributed by atoms with Gasteiger partial charge in [0.2, 0.25) is 0 Å². The summed E-state index contributed by atoms with van der Waals surface area (Å²) in [6.45, 7) is 2.06. The van der Waals surface area contributed by atoms with Crippen LogP contribution in [0.2, 0.25) is 0 Å². The van der Waals surface area contributed by atoms with Gasteiger partial charge in [-0.1, -0.05) is 12.8 Å². The number of aromatic nitrogens is 3. The predicted octanol–water partition coefficient (Wildman–Crippen LogP) is 2.45. The largest absolute Gasteiger partial charge is 0.271 e. The van der Waals surface area contributed by atoms with Gasteiger partial charge in [0.1, 0.15) is 0 Å². The molecule has 1 aliphatic carbocycles. The minimum absolute atomic E-state index is 0.0694. The molecule has 1 saturated carbocycles. The molecule has 2 heterocycles. The first-order valence-corrected chi connectivity index (χ1v) is 7.68. The highest BCUT2D eigenvalue weighted by atomic mass is 15.3. The van der Waals surface area contributed by atoms with E-state index in [9.17, 15) is 0 Å². The minimum atomic E-state index is 0.0694. The van der Waals surface area contributed by atoms with Crippen molar-refractivity contribution in [3.8, 4) is 0 Å². The van der Waals surface area contributed by atoms with Crippen LogP contribution in [0.1, 0.15) is 54.6 Å². The van der Waals surface area contributed by atoms with Crippen LogP contribution in [0.5, 0.6) is 0 Å². The van der Waals surface area contributed by atoms with E-state index in [1.165, 1.54) is 31.2 Å². The number of nitrogens with two attached hydrogens (primary N) is 1. The van der Waals surface area contributed by atoms with E-state index < -0.39 is 0 Å². The second-order valence-electron chi connectivity index (χ2n) is 5.88. The third kappa shape index (κ3) is 3.14. The van der Waals surface area contributed by atoms with E-state index in [4.69, 9.17) is 10.9 Å². The molecule has 0 aliphatic heterocycles. The summed E-state index contributed by atoms with van der Waals surface area (Å²) in [7, 11) is 0. The lowest BCUT2D eigenvalue weighted by Gasteiger charge is -2.17. The van der Waals surface area contributed by atoms with Crippen LogP contribution in [0, 0.1) is 6.92 Å². The van der Waals surface area contributed by atoms with E-state index in [-0.39, 0.29) is 6.04 Å². The van der Waals surface area contributed by atoms with Crippen LogP contribution in [-0.4, -0.2) is 14.8 Å². The molecule has 5 nitrogen and oxygen atoms in total. The summed E-state index contributed by atoms with van der Waals surface area (Å²) >= 11 is 0. The van der Waals surface area contributed by atoms with E-state index in [2.05, 4.69) is 34.3 Å². The van der Waals surface area contributed by atoms with Gasteiger partial charge in [0.25, 0.3) is 0 Å². The van der Waals surface area contributed by atoms with Crippen molar-refractivity contribution in [2.45, 2.75) is 51.1 Å². The van der Waals surface area contributed by atoms with Crippen molar-refractivity contribution >= 4 is 0 Å². The summed E-state index contributed by atoms with van der Waals surface area (Å²) < 4.78 is 2.13. The average molecular weight is 285 g/mol. The Hall–Kier alpha value is -1.72. The fraction of sp³-hybridized carbons (Fsp3) is 0.500. The second-order valence-corrected chi connectivity index (χ2v) is 5.88. The number of hydrogen-bond acceptors (Lipinski definition) is 4. The number of hydrogen-bond donors (Lipinski definition) is 2. The fourth-order valence-corrected chi connectivity index (χ4v) is 3.20. The number of rotatable bonds is 5. The average Bonchev–Trinajstić information content (AvgIpc) is 3.16. The summed E-state index contributed by atoms with van der Waals surface area (Å²) in [5, 5.41) is 4.74. The molecule has 0 aromatic carbocycles. The molecule has 21 heavy (non-hydrogen) atoms. The van der Waals surface area contributed by atoms with Crippen LogP contribution in [0.15, 0.2) is 30.7 Å². The Balaban J connectivity index is 1.74. The number of pyridine rings is 1. The maximum atomic E-state index is 5.75. The number of nitrogens with one attached hydrogen (secondary N) is 1. The molecule has 2 aromatic heterocycles. The Morgan fingerprint density at radius 3 is 2.90 bits per heavy atom. The van der Waals surface area contributed by atoms with Crippen molar-refractivity contribution in [3.05, 3.63) is 47.5 Å². The summed E-state index contributed by atoms with van der Waals surface area (Å²) in [4.78, 5) is 4.14. The molecule has 3 N–H and O–H groups in total. The third-order valence-electron chi connectivity index (χ3n) is 4.42. The molecular weight excluding hydrogens is 262 g/mol. The lowest BCUT2D eigenvalue weighted by Crippen LogP contribution is -2.30. The molecule has 1 atom stereocenters. The van der Waals surface area contributed by atoms with Gasteiger partial charge in [0.05, 0.1) is 17.8 Å². The quantitative estimate of drug-likeness (QED) is 0.654. The van der Waals surface area contributed by atoms with Crippen molar-refractivity contribution in [2.24, 2.45) is 5.84 Å². The Bertz CT molecular complexity index is 586. The summed E-state index contributed by atoms with van der Waals surface area (Å²) in [6, 6.07) is 4.79. The molecular formula is C16H23N5. The van der Waals surface area contributed by atoms with Crippen molar-refractivity contribution < 1.29 is 0 Å². The van der Waals surface area contributed by atoms with Crippen LogP contribution in [0.4, 0.5) is 0 Å². The molecule has 3 rings (SSSR count). The first-order valence-electron chi connectivity index (χ1n) is 7.68. The van der Waals surface area contributed by atoms with Gasteiger partial charge in [-0.15, -0.1) is 0 Å². The Morgan fingerprint density at radius 1 is 1.38 bits per heavy atom. The lowest BCUT2D eigenvalue weighted by molar-refractivity contribution is 0.457. The van der Waals surface area contributed by atoms with Gasteiger partial charge in [0, 0.05) is 25.0 Å². The molecule has 1 unspecified atom stereocenters. The highest BCUT2D eigenvalue weighted by Crippen LogP contribution is 2.29. The van der Waals surface area contributed by atoms with Crippen molar-refractivity contribution in [2.75, 3.05) is 0 Å². The molecule has 2 aromatic rings. The summed E-state index contributed by atoms with van der Waals surface area (Å²) in [5.74, 6) is 5.75. The summed E-state index contributed by atoms with van der Waals surface area (Å²) in [6.07, 6.45) is 11.7. The number of nitrogens with zero attached hydrogens (tertiary/aromatic N) is 3. The summed E-state index contributed by atoms with van der Waals surface area (Å²) in [5.41, 5.74) is 6.33. The van der Waals surface area contributed by atoms with Crippen LogP contribution in [-0.2, 0) is 6.42 Å². The van der Waals surface area contributed by atoms with E-state index in [1.54, 1.807) is 0 Å². The molecule has 0 spiro atoms. The topological polar surface area (TPSA) is 68.8 Å². The zero-order chi connectivity index (χ0) is 14.7. The molecule has 0 amide bonds. The van der Waals surface area contributed by atoms with Crippen molar-refractivity contribution in [1.29, 1.82) is 0 Å². The van der Waals surface area contributed by atoms with Crippen molar-refractivity contribution in [1.82, 2.24) is 20.2 Å². The van der Waals surface area contributed by atoms with Gasteiger partial charge < -0.3 is 0 Å². The molecule has 1 fully saturated rings. The molecule has 1 aliphatic rings. The van der Waals surface area contributed by atoms with Gasteiger partial charge in [-0.05, 0) is 43.0 Å². The lowest BCUT2D eigenvalue weighted by atomic mass is 10.00. The minimum Gasteiger partial charge on any atom is -0.271 e.